The molecule has 0 saturated carbocycles. The minimum Gasteiger partial charge on any atom is -0.462 e. The largest absolute Gasteiger partial charge is 0.462 e. The quantitative estimate of drug-likeness (QED) is 0.459. The Hall–Kier alpha value is -0.870. The molecule has 0 bridgehead atoms. The molecule has 82 valence electrons. The van der Waals surface area contributed by atoms with E-state index in [0.717, 1.165) is 6.07 Å². The van der Waals surface area contributed by atoms with Crippen molar-refractivity contribution in [2.24, 2.45) is 0 Å². The van der Waals surface area contributed by atoms with Crippen molar-refractivity contribution in [3.63, 3.8) is 0 Å². The van der Waals surface area contributed by atoms with Gasteiger partial charge in [0.05, 0.1) is 17.2 Å². The number of halogens is 4. The number of hydrogen-bond donors (Lipinski definition) is 0. The molecule has 0 unspecified atom stereocenters. The highest BCUT2D eigenvalue weighted by Gasteiger charge is 2.21. The summed E-state index contributed by atoms with van der Waals surface area (Å²) in [4.78, 5) is 11.2. The number of ether oxygens (including phenoxy) is 1. The molecule has 0 saturated heterocycles. The van der Waals surface area contributed by atoms with E-state index in [1.165, 1.54) is 0 Å². The van der Waals surface area contributed by atoms with Crippen LogP contribution in [0.5, 0.6) is 0 Å². The summed E-state index contributed by atoms with van der Waals surface area (Å²) in [6, 6.07) is 0.843. The van der Waals surface area contributed by atoms with Gasteiger partial charge in [-0.3, -0.25) is 0 Å². The maximum Gasteiger partial charge on any atom is 0.341 e. The zero-order chi connectivity index (χ0) is 11.6. The average molecular weight is 255 g/mol. The van der Waals surface area contributed by atoms with Crippen LogP contribution >= 0.6 is 23.2 Å². The Labute approximate surface area is 94.7 Å². The summed E-state index contributed by atoms with van der Waals surface area (Å²) in [5.74, 6) is -3.19. The highest BCUT2D eigenvalue weighted by molar-refractivity contribution is 6.35. The van der Waals surface area contributed by atoms with Gasteiger partial charge < -0.3 is 4.74 Å². The number of rotatable bonds is 2. The Morgan fingerprint density at radius 2 is 2.00 bits per heavy atom. The Bertz CT molecular complexity index is 408. The second kappa shape index (κ2) is 4.77. The van der Waals surface area contributed by atoms with E-state index in [9.17, 15) is 13.6 Å². The summed E-state index contributed by atoms with van der Waals surface area (Å²) >= 11 is 10.7. The van der Waals surface area contributed by atoms with Gasteiger partial charge in [-0.15, -0.1) is 0 Å². The molecule has 0 amide bonds. The lowest BCUT2D eigenvalue weighted by Crippen LogP contribution is -2.08. The van der Waals surface area contributed by atoms with E-state index in [1.807, 2.05) is 0 Å². The minimum absolute atomic E-state index is 0.0743. The van der Waals surface area contributed by atoms with Gasteiger partial charge in [-0.25, -0.2) is 13.6 Å². The van der Waals surface area contributed by atoms with Gasteiger partial charge in [-0.1, -0.05) is 23.2 Å². The molecule has 2 nitrogen and oxygen atoms in total. The first-order chi connectivity index (χ1) is 6.99. The molecular formula is C9H6Cl2F2O2. The normalized spacial score (nSPS) is 10.2. The Morgan fingerprint density at radius 3 is 2.53 bits per heavy atom. The first-order valence-electron chi connectivity index (χ1n) is 3.99. The van der Waals surface area contributed by atoms with Gasteiger partial charge in [0.1, 0.15) is 5.02 Å². The maximum atomic E-state index is 13.3. The van der Waals surface area contributed by atoms with Crippen molar-refractivity contribution >= 4 is 29.2 Å². The molecule has 6 heteroatoms. The van der Waals surface area contributed by atoms with Crippen LogP contribution < -0.4 is 0 Å². The molecule has 1 aromatic carbocycles. The molecule has 0 heterocycles. The fourth-order valence-corrected chi connectivity index (χ4v) is 1.39. The van der Waals surface area contributed by atoms with E-state index in [4.69, 9.17) is 23.2 Å². The van der Waals surface area contributed by atoms with E-state index in [-0.39, 0.29) is 6.61 Å². The summed E-state index contributed by atoms with van der Waals surface area (Å²) in [6.07, 6.45) is 0. The van der Waals surface area contributed by atoms with Gasteiger partial charge in [-0.2, -0.15) is 0 Å². The summed E-state index contributed by atoms with van der Waals surface area (Å²) < 4.78 is 30.8. The van der Waals surface area contributed by atoms with E-state index < -0.39 is 33.2 Å². The van der Waals surface area contributed by atoms with Crippen molar-refractivity contribution in [2.45, 2.75) is 6.92 Å². The summed E-state index contributed by atoms with van der Waals surface area (Å²) in [5, 5.41) is -1.24. The number of carbonyl (C=O) groups is 1. The Kier molecular flexibility index (Phi) is 3.88. The standard InChI is InChI=1S/C9H6Cl2F2O2/c1-2-15-9(14)4-3-5(10)8(13)6(11)7(4)12/h3H,2H2,1H3. The summed E-state index contributed by atoms with van der Waals surface area (Å²) in [7, 11) is 0. The third kappa shape index (κ3) is 2.38. The predicted molar refractivity (Wildman–Crippen MR) is 52.3 cm³/mol. The molecule has 0 aliphatic heterocycles. The van der Waals surface area contributed by atoms with Crippen LogP contribution in [0.25, 0.3) is 0 Å². The first kappa shape index (κ1) is 12.2. The molecule has 1 rings (SSSR count). The van der Waals surface area contributed by atoms with Crippen LogP contribution in [0.2, 0.25) is 10.0 Å². The molecule has 0 radical (unpaired) electrons. The number of esters is 1. The van der Waals surface area contributed by atoms with Crippen LogP contribution in [0.1, 0.15) is 17.3 Å². The molecule has 0 aromatic heterocycles. The summed E-state index contributed by atoms with van der Waals surface area (Å²) in [6.45, 7) is 1.63. The zero-order valence-corrected chi connectivity index (χ0v) is 9.12. The monoisotopic (exact) mass is 254 g/mol. The van der Waals surface area contributed by atoms with Crippen LogP contribution in [-0.2, 0) is 4.74 Å². The van der Waals surface area contributed by atoms with Crippen LogP contribution in [-0.4, -0.2) is 12.6 Å². The lowest BCUT2D eigenvalue weighted by atomic mass is 10.2. The fraction of sp³-hybridized carbons (Fsp3) is 0.222. The van der Waals surface area contributed by atoms with Gasteiger partial charge in [0.25, 0.3) is 0 Å². The van der Waals surface area contributed by atoms with Gasteiger partial charge in [-0.05, 0) is 13.0 Å². The van der Waals surface area contributed by atoms with Crippen molar-refractivity contribution in [3.8, 4) is 0 Å². The molecule has 15 heavy (non-hydrogen) atoms. The molecule has 0 aliphatic carbocycles. The average Bonchev–Trinajstić information content (AvgIpc) is 2.20. The number of carbonyl (C=O) groups excluding carboxylic acids is 1. The Morgan fingerprint density at radius 1 is 1.40 bits per heavy atom. The highest BCUT2D eigenvalue weighted by Crippen LogP contribution is 2.28. The molecule has 0 fully saturated rings. The van der Waals surface area contributed by atoms with Gasteiger partial charge in [0.2, 0.25) is 0 Å². The second-order valence-corrected chi connectivity index (χ2v) is 3.35. The first-order valence-corrected chi connectivity index (χ1v) is 4.74. The number of benzene rings is 1. The highest BCUT2D eigenvalue weighted by atomic mass is 35.5. The molecule has 1 aromatic rings. The van der Waals surface area contributed by atoms with Crippen LogP contribution in [0.15, 0.2) is 6.07 Å². The molecule has 0 aliphatic rings. The lowest BCUT2D eigenvalue weighted by Gasteiger charge is -2.06. The van der Waals surface area contributed by atoms with Crippen LogP contribution in [0.4, 0.5) is 8.78 Å². The third-order valence-electron chi connectivity index (χ3n) is 1.60. The minimum atomic E-state index is -1.17. The topological polar surface area (TPSA) is 26.3 Å². The summed E-state index contributed by atoms with van der Waals surface area (Å²) in [5.41, 5.74) is -0.478. The van der Waals surface area contributed by atoms with Gasteiger partial charge in [0, 0.05) is 0 Å². The molecule has 0 spiro atoms. The molecular weight excluding hydrogens is 249 g/mol. The van der Waals surface area contributed by atoms with E-state index >= 15 is 0 Å². The van der Waals surface area contributed by atoms with Crippen molar-refractivity contribution in [1.29, 1.82) is 0 Å². The lowest BCUT2D eigenvalue weighted by molar-refractivity contribution is 0.0521. The Balaban J connectivity index is 3.26. The number of hydrogen-bond acceptors (Lipinski definition) is 2. The molecule has 0 atom stereocenters. The van der Waals surface area contributed by atoms with Gasteiger partial charge >= 0.3 is 5.97 Å². The van der Waals surface area contributed by atoms with Crippen molar-refractivity contribution in [3.05, 3.63) is 33.3 Å². The predicted octanol–water partition coefficient (Wildman–Crippen LogP) is 3.45. The SMILES string of the molecule is CCOC(=O)c1cc(Cl)c(F)c(Cl)c1F. The van der Waals surface area contributed by atoms with Crippen LogP contribution in [0, 0.1) is 11.6 Å². The third-order valence-corrected chi connectivity index (χ3v) is 2.20. The fourth-order valence-electron chi connectivity index (χ4n) is 0.930. The van der Waals surface area contributed by atoms with Gasteiger partial charge in [0.15, 0.2) is 11.6 Å². The zero-order valence-electron chi connectivity index (χ0n) is 7.61. The van der Waals surface area contributed by atoms with E-state index in [1.54, 1.807) is 6.92 Å². The van der Waals surface area contributed by atoms with Crippen molar-refractivity contribution in [2.75, 3.05) is 6.61 Å². The second-order valence-electron chi connectivity index (χ2n) is 2.57. The van der Waals surface area contributed by atoms with Crippen molar-refractivity contribution in [1.82, 2.24) is 0 Å². The smallest absolute Gasteiger partial charge is 0.341 e. The van der Waals surface area contributed by atoms with E-state index in [2.05, 4.69) is 4.74 Å². The molecule has 0 N–H and O–H groups in total. The van der Waals surface area contributed by atoms with E-state index in [0.29, 0.717) is 0 Å². The van der Waals surface area contributed by atoms with Crippen molar-refractivity contribution < 1.29 is 18.3 Å². The maximum absolute atomic E-state index is 13.3. The van der Waals surface area contributed by atoms with Crippen LogP contribution in [0.3, 0.4) is 0 Å².